The average Bonchev–Trinajstić information content (AvgIpc) is 3.31. The van der Waals surface area contributed by atoms with E-state index in [9.17, 15) is 19.8 Å². The van der Waals surface area contributed by atoms with Crippen molar-refractivity contribution >= 4 is 11.9 Å². The molecule has 0 aromatic heterocycles. The number of cyclic esters (lactones) is 1. The van der Waals surface area contributed by atoms with Crippen LogP contribution in [0.15, 0.2) is 54.1 Å². The molecule has 3 N–H and O–H groups in total. The fourth-order valence-electron chi connectivity index (χ4n) is 7.08. The Kier molecular flexibility index (Phi) is 7.74. The van der Waals surface area contributed by atoms with E-state index in [2.05, 4.69) is 18.8 Å². The Morgan fingerprint density at radius 2 is 2.00 bits per heavy atom. The van der Waals surface area contributed by atoms with Crippen LogP contribution in [0, 0.1) is 22.7 Å². The quantitative estimate of drug-likeness (QED) is 0.373. The lowest BCUT2D eigenvalue weighted by Gasteiger charge is -2.60. The number of carbonyl (C=O) groups is 2. The van der Waals surface area contributed by atoms with Gasteiger partial charge in [-0.05, 0) is 61.0 Å². The summed E-state index contributed by atoms with van der Waals surface area (Å²) >= 11 is 0. The third kappa shape index (κ3) is 4.64. The van der Waals surface area contributed by atoms with Crippen LogP contribution in [0.25, 0.3) is 0 Å². The third-order valence-corrected chi connectivity index (χ3v) is 9.23. The molecule has 1 aromatic rings. The molecule has 7 heteroatoms. The minimum atomic E-state index is -0.758. The van der Waals surface area contributed by atoms with Crippen LogP contribution in [0.5, 0.6) is 0 Å². The van der Waals surface area contributed by atoms with Gasteiger partial charge >= 0.3 is 11.9 Å². The summed E-state index contributed by atoms with van der Waals surface area (Å²) in [5.74, 6) is -0.689. The van der Waals surface area contributed by atoms with Crippen LogP contribution in [0.4, 0.5) is 0 Å². The lowest BCUT2D eigenvalue weighted by atomic mass is 9.46. The van der Waals surface area contributed by atoms with Crippen molar-refractivity contribution in [3.05, 3.63) is 59.7 Å². The highest BCUT2D eigenvalue weighted by molar-refractivity contribution is 5.92. The van der Waals surface area contributed by atoms with E-state index in [0.29, 0.717) is 18.4 Å². The molecule has 7 nitrogen and oxygen atoms in total. The van der Waals surface area contributed by atoms with Crippen molar-refractivity contribution in [1.29, 1.82) is 0 Å². The average molecular weight is 498 g/mol. The molecule has 2 aliphatic carbocycles. The Hall–Kier alpha value is -2.48. The summed E-state index contributed by atoms with van der Waals surface area (Å²) in [7, 11) is 1.36. The highest BCUT2D eigenvalue weighted by Crippen LogP contribution is 2.62. The number of carbonyl (C=O) groups excluding carboxylic acids is 2. The molecule has 7 atom stereocenters. The van der Waals surface area contributed by atoms with E-state index in [0.717, 1.165) is 30.4 Å². The topological polar surface area (TPSA) is 105 Å². The smallest absolute Gasteiger partial charge is 0.335 e. The van der Waals surface area contributed by atoms with Crippen LogP contribution >= 0.6 is 0 Å². The zero-order chi connectivity index (χ0) is 26.1. The fourth-order valence-corrected chi connectivity index (χ4v) is 7.08. The molecule has 2 saturated carbocycles. The zero-order valence-corrected chi connectivity index (χ0v) is 21.5. The van der Waals surface area contributed by atoms with Gasteiger partial charge in [0.05, 0.1) is 25.4 Å². The number of hydrogen-bond donors (Lipinski definition) is 3. The Morgan fingerprint density at radius 1 is 1.28 bits per heavy atom. The zero-order valence-electron chi connectivity index (χ0n) is 21.5. The number of nitrogens with one attached hydrogen (secondary N) is 1. The first-order valence-electron chi connectivity index (χ1n) is 12.9. The first-order valence-corrected chi connectivity index (χ1v) is 12.9. The van der Waals surface area contributed by atoms with Gasteiger partial charge < -0.3 is 19.7 Å². The number of ether oxygens (including phenoxy) is 2. The molecule has 0 amide bonds. The number of rotatable bonds is 8. The van der Waals surface area contributed by atoms with Gasteiger partial charge in [-0.3, -0.25) is 5.32 Å². The summed E-state index contributed by atoms with van der Waals surface area (Å²) in [5.41, 5.74) is 1.56. The summed E-state index contributed by atoms with van der Waals surface area (Å²) in [4.78, 5) is 25.6. The molecular weight excluding hydrogens is 458 g/mol. The van der Waals surface area contributed by atoms with Gasteiger partial charge in [0.15, 0.2) is 0 Å². The summed E-state index contributed by atoms with van der Waals surface area (Å²) in [6.07, 6.45) is 4.83. The molecular formula is C29H39NO6. The molecule has 4 rings (SSSR count). The maximum absolute atomic E-state index is 12.9. The number of aliphatic hydroxyl groups is 2. The standard InChI is InChI=1S/C29H39NO6/c1-18-10-11-23-28(2,14-12-24(32)29(23,3)17-31)21(18)16-22(20-13-15-36-26(20)33)30-25(27(34)35-4)19-8-6-5-7-9-19/h5-9,13,21-25,30-32H,1,10-12,14-17H2,2-4H3/t21-,22?,23?,24+,25?,28+,29-/m0/s1. The van der Waals surface area contributed by atoms with Crippen molar-refractivity contribution in [2.45, 2.75) is 64.1 Å². The molecule has 0 bridgehead atoms. The minimum absolute atomic E-state index is 0.0236. The second-order valence-corrected chi connectivity index (χ2v) is 11.1. The minimum Gasteiger partial charge on any atom is -0.468 e. The number of esters is 2. The largest absolute Gasteiger partial charge is 0.468 e. The van der Waals surface area contributed by atoms with Crippen molar-refractivity contribution in [1.82, 2.24) is 5.32 Å². The Morgan fingerprint density at radius 3 is 2.61 bits per heavy atom. The van der Waals surface area contributed by atoms with Crippen LogP contribution in [-0.4, -0.2) is 54.6 Å². The number of allylic oxidation sites excluding steroid dienone is 1. The van der Waals surface area contributed by atoms with Crippen LogP contribution in [0.1, 0.15) is 57.6 Å². The van der Waals surface area contributed by atoms with E-state index >= 15 is 0 Å². The molecule has 0 radical (unpaired) electrons. The Balaban J connectivity index is 1.70. The van der Waals surface area contributed by atoms with E-state index in [1.807, 2.05) is 37.3 Å². The normalized spacial score (nSPS) is 33.8. The second-order valence-electron chi connectivity index (χ2n) is 11.1. The highest BCUT2D eigenvalue weighted by atomic mass is 16.5. The Labute approximate surface area is 213 Å². The molecule has 1 heterocycles. The third-order valence-electron chi connectivity index (χ3n) is 9.23. The predicted molar refractivity (Wildman–Crippen MR) is 136 cm³/mol. The number of methoxy groups -OCH3 is 1. The number of benzene rings is 1. The van der Waals surface area contributed by atoms with Gasteiger partial charge in [0, 0.05) is 11.5 Å². The molecule has 2 fully saturated rings. The van der Waals surface area contributed by atoms with Crippen molar-refractivity contribution < 1.29 is 29.3 Å². The number of aliphatic hydroxyl groups excluding tert-OH is 2. The first-order chi connectivity index (χ1) is 17.2. The molecule has 3 aliphatic rings. The van der Waals surface area contributed by atoms with Gasteiger partial charge in [0.25, 0.3) is 0 Å². The summed E-state index contributed by atoms with van der Waals surface area (Å²) in [6, 6.07) is 8.11. The number of fused-ring (bicyclic) bond motifs is 1. The van der Waals surface area contributed by atoms with Gasteiger partial charge in [-0.25, -0.2) is 9.59 Å². The highest BCUT2D eigenvalue weighted by Gasteiger charge is 2.58. The van der Waals surface area contributed by atoms with E-state index in [4.69, 9.17) is 9.47 Å². The van der Waals surface area contributed by atoms with Gasteiger partial charge in [0.2, 0.25) is 0 Å². The second kappa shape index (κ2) is 10.5. The molecule has 3 unspecified atom stereocenters. The van der Waals surface area contributed by atoms with Gasteiger partial charge in [0.1, 0.15) is 12.6 Å². The van der Waals surface area contributed by atoms with Crippen LogP contribution < -0.4 is 5.32 Å². The van der Waals surface area contributed by atoms with Crippen LogP contribution in [-0.2, 0) is 19.1 Å². The van der Waals surface area contributed by atoms with Gasteiger partial charge in [-0.1, -0.05) is 56.3 Å². The van der Waals surface area contributed by atoms with E-state index in [-0.39, 0.29) is 36.4 Å². The van der Waals surface area contributed by atoms with Gasteiger partial charge in [-0.15, -0.1) is 0 Å². The maximum atomic E-state index is 12.9. The molecule has 196 valence electrons. The summed E-state index contributed by atoms with van der Waals surface area (Å²) in [6.45, 7) is 8.78. The molecule has 1 aliphatic heterocycles. The molecule has 1 aromatic carbocycles. The van der Waals surface area contributed by atoms with Crippen molar-refractivity contribution in [2.24, 2.45) is 22.7 Å². The monoisotopic (exact) mass is 497 g/mol. The SMILES string of the molecule is C=C1CCC2[C@](C)(CO)[C@H](O)CC[C@]2(C)[C@H]1CC(NC(C(=O)OC)c1ccccc1)C1=CCOC1=O. The van der Waals surface area contributed by atoms with Crippen molar-refractivity contribution in [2.75, 3.05) is 20.3 Å². The molecule has 36 heavy (non-hydrogen) atoms. The summed E-state index contributed by atoms with van der Waals surface area (Å²) in [5, 5.41) is 24.6. The van der Waals surface area contributed by atoms with Crippen molar-refractivity contribution in [3.8, 4) is 0 Å². The Bertz CT molecular complexity index is 1020. The van der Waals surface area contributed by atoms with Crippen LogP contribution in [0.3, 0.4) is 0 Å². The maximum Gasteiger partial charge on any atom is 0.335 e. The fraction of sp³-hybridized carbons (Fsp3) is 0.586. The predicted octanol–water partition coefficient (Wildman–Crippen LogP) is 3.47. The lowest BCUT2D eigenvalue weighted by Crippen LogP contribution is -2.58. The summed E-state index contributed by atoms with van der Waals surface area (Å²) < 4.78 is 10.4. The van der Waals surface area contributed by atoms with Gasteiger partial charge in [-0.2, -0.15) is 0 Å². The molecule has 0 spiro atoms. The van der Waals surface area contributed by atoms with E-state index in [1.54, 1.807) is 6.08 Å². The lowest BCUT2D eigenvalue weighted by molar-refractivity contribution is -0.153. The first kappa shape index (κ1) is 26.6. The molecule has 0 saturated heterocycles. The van der Waals surface area contributed by atoms with Crippen LogP contribution in [0.2, 0.25) is 0 Å². The number of hydrogen-bond acceptors (Lipinski definition) is 7. The van der Waals surface area contributed by atoms with E-state index in [1.165, 1.54) is 7.11 Å². The van der Waals surface area contributed by atoms with E-state index < -0.39 is 29.6 Å². The van der Waals surface area contributed by atoms with Crippen molar-refractivity contribution in [3.63, 3.8) is 0 Å².